The van der Waals surface area contributed by atoms with Crippen molar-refractivity contribution in [2.24, 2.45) is 4.99 Å². The van der Waals surface area contributed by atoms with E-state index in [-0.39, 0.29) is 11.9 Å². The van der Waals surface area contributed by atoms with Gasteiger partial charge in [0, 0.05) is 19.8 Å². The second-order valence-electron chi connectivity index (χ2n) is 6.39. The minimum Gasteiger partial charge on any atom is -0.354 e. The molecule has 7 nitrogen and oxygen atoms in total. The number of hydrogen-bond acceptors (Lipinski definition) is 4. The summed E-state index contributed by atoms with van der Waals surface area (Å²) >= 11 is 0. The summed E-state index contributed by atoms with van der Waals surface area (Å²) in [6.45, 7) is 1.06. The standard InChI is InChI=1S/C19H24FN7/c1-21-19(23-13-18-25-24-17-9-4-5-10-27(17)18)22-12-16(26(2)3)14-7-6-8-15(20)11-14/h4-11,16H,12-13H2,1-3H3,(H2,21,22,23). The van der Waals surface area contributed by atoms with E-state index in [2.05, 4.69) is 25.8 Å². The summed E-state index contributed by atoms with van der Waals surface area (Å²) in [6, 6.07) is 12.4. The van der Waals surface area contributed by atoms with Crippen LogP contribution in [-0.2, 0) is 6.54 Å². The van der Waals surface area contributed by atoms with E-state index in [0.29, 0.717) is 19.0 Å². The van der Waals surface area contributed by atoms with Crippen molar-refractivity contribution in [3.8, 4) is 0 Å². The predicted molar refractivity (Wildman–Crippen MR) is 104 cm³/mol. The zero-order chi connectivity index (χ0) is 19.2. The molecule has 3 rings (SSSR count). The first-order chi connectivity index (χ1) is 13.1. The number of guanidine groups is 1. The summed E-state index contributed by atoms with van der Waals surface area (Å²) in [5.41, 5.74) is 1.71. The van der Waals surface area contributed by atoms with Gasteiger partial charge in [0.05, 0.1) is 12.6 Å². The van der Waals surface area contributed by atoms with E-state index < -0.39 is 0 Å². The van der Waals surface area contributed by atoms with Crippen LogP contribution in [0.25, 0.3) is 5.65 Å². The van der Waals surface area contributed by atoms with E-state index in [0.717, 1.165) is 17.0 Å². The third-order valence-electron chi connectivity index (χ3n) is 4.34. The third kappa shape index (κ3) is 4.59. The number of pyridine rings is 1. The van der Waals surface area contributed by atoms with E-state index in [1.807, 2.05) is 53.9 Å². The molecule has 0 aliphatic heterocycles. The molecule has 0 saturated heterocycles. The predicted octanol–water partition coefficient (Wildman–Crippen LogP) is 1.84. The lowest BCUT2D eigenvalue weighted by molar-refractivity contribution is 0.297. The summed E-state index contributed by atoms with van der Waals surface area (Å²) in [5.74, 6) is 1.20. The summed E-state index contributed by atoms with van der Waals surface area (Å²) in [7, 11) is 5.65. The number of likely N-dealkylation sites (N-methyl/N-ethyl adjacent to an activating group) is 1. The molecular formula is C19H24FN7. The Bertz CT molecular complexity index is 919. The van der Waals surface area contributed by atoms with Gasteiger partial charge in [0.1, 0.15) is 5.82 Å². The molecule has 0 fully saturated rings. The van der Waals surface area contributed by atoms with Crippen LogP contribution in [0.1, 0.15) is 17.4 Å². The number of fused-ring (bicyclic) bond motifs is 1. The maximum atomic E-state index is 13.6. The molecule has 1 aromatic carbocycles. The van der Waals surface area contributed by atoms with Crippen LogP contribution < -0.4 is 10.6 Å². The van der Waals surface area contributed by atoms with Crippen molar-refractivity contribution < 1.29 is 4.39 Å². The fourth-order valence-corrected chi connectivity index (χ4v) is 2.90. The average molecular weight is 369 g/mol. The summed E-state index contributed by atoms with van der Waals surface area (Å²) in [4.78, 5) is 6.30. The Morgan fingerprint density at radius 3 is 2.78 bits per heavy atom. The molecule has 0 aliphatic rings. The number of hydrogen-bond donors (Lipinski definition) is 2. The molecular weight excluding hydrogens is 345 g/mol. The van der Waals surface area contributed by atoms with Gasteiger partial charge in [0.25, 0.3) is 0 Å². The van der Waals surface area contributed by atoms with E-state index in [4.69, 9.17) is 0 Å². The van der Waals surface area contributed by atoms with Crippen molar-refractivity contribution in [2.75, 3.05) is 27.7 Å². The maximum Gasteiger partial charge on any atom is 0.191 e. The highest BCUT2D eigenvalue weighted by Gasteiger charge is 2.15. The molecule has 0 spiro atoms. The van der Waals surface area contributed by atoms with Crippen molar-refractivity contribution in [3.63, 3.8) is 0 Å². The lowest BCUT2D eigenvalue weighted by atomic mass is 10.1. The Balaban J connectivity index is 1.62. The number of nitrogens with one attached hydrogen (secondary N) is 2. The van der Waals surface area contributed by atoms with Crippen LogP contribution in [-0.4, -0.2) is 53.1 Å². The fraction of sp³-hybridized carbons (Fsp3) is 0.316. The zero-order valence-corrected chi connectivity index (χ0v) is 15.7. The first-order valence-corrected chi connectivity index (χ1v) is 8.73. The van der Waals surface area contributed by atoms with Crippen molar-refractivity contribution in [2.45, 2.75) is 12.6 Å². The Morgan fingerprint density at radius 2 is 2.04 bits per heavy atom. The molecule has 0 radical (unpaired) electrons. The second-order valence-corrected chi connectivity index (χ2v) is 6.39. The van der Waals surface area contributed by atoms with E-state index in [9.17, 15) is 4.39 Å². The highest BCUT2D eigenvalue weighted by Crippen LogP contribution is 2.18. The molecule has 0 amide bonds. The number of halogens is 1. The lowest BCUT2D eigenvalue weighted by Gasteiger charge is -2.26. The molecule has 2 N–H and O–H groups in total. The Morgan fingerprint density at radius 1 is 1.19 bits per heavy atom. The SMILES string of the molecule is CN=C(NCc1nnc2ccccn12)NCC(c1cccc(F)c1)N(C)C. The molecule has 2 aromatic heterocycles. The summed E-state index contributed by atoms with van der Waals surface area (Å²) in [6.07, 6.45) is 1.93. The van der Waals surface area contributed by atoms with Crippen LogP contribution in [0.5, 0.6) is 0 Å². The van der Waals surface area contributed by atoms with Crippen molar-refractivity contribution in [1.82, 2.24) is 30.1 Å². The van der Waals surface area contributed by atoms with E-state index in [1.165, 1.54) is 6.07 Å². The largest absolute Gasteiger partial charge is 0.354 e. The minimum atomic E-state index is -0.236. The number of nitrogens with zero attached hydrogens (tertiary/aromatic N) is 5. The number of rotatable bonds is 6. The highest BCUT2D eigenvalue weighted by molar-refractivity contribution is 5.79. The lowest BCUT2D eigenvalue weighted by Crippen LogP contribution is -2.41. The molecule has 3 aromatic rings. The van der Waals surface area contributed by atoms with E-state index in [1.54, 1.807) is 19.2 Å². The van der Waals surface area contributed by atoms with Crippen molar-refractivity contribution in [3.05, 3.63) is 65.9 Å². The highest BCUT2D eigenvalue weighted by atomic mass is 19.1. The summed E-state index contributed by atoms with van der Waals surface area (Å²) in [5, 5.41) is 14.9. The van der Waals surface area contributed by atoms with Crippen LogP contribution in [0.15, 0.2) is 53.7 Å². The van der Waals surface area contributed by atoms with Gasteiger partial charge >= 0.3 is 0 Å². The number of benzene rings is 1. The van der Waals surface area contributed by atoms with Crippen LogP contribution in [0, 0.1) is 5.82 Å². The normalized spacial score (nSPS) is 13.1. The van der Waals surface area contributed by atoms with Crippen LogP contribution in [0.3, 0.4) is 0 Å². The molecule has 0 bridgehead atoms. The van der Waals surface area contributed by atoms with Gasteiger partial charge in [-0.15, -0.1) is 10.2 Å². The Kier molecular flexibility index (Phi) is 5.97. The smallest absolute Gasteiger partial charge is 0.191 e. The fourth-order valence-electron chi connectivity index (χ4n) is 2.90. The van der Waals surface area contributed by atoms with Gasteiger partial charge in [-0.3, -0.25) is 9.39 Å². The Labute approximate surface area is 157 Å². The first kappa shape index (κ1) is 18.8. The minimum absolute atomic E-state index is 0.00757. The van der Waals surface area contributed by atoms with Gasteiger partial charge in [0.15, 0.2) is 17.4 Å². The van der Waals surface area contributed by atoms with Crippen molar-refractivity contribution >= 4 is 11.6 Å². The topological polar surface area (TPSA) is 69.8 Å². The molecule has 0 saturated carbocycles. The van der Waals surface area contributed by atoms with Gasteiger partial charge in [-0.05, 0) is 43.9 Å². The zero-order valence-electron chi connectivity index (χ0n) is 15.7. The van der Waals surface area contributed by atoms with Crippen LogP contribution >= 0.6 is 0 Å². The monoisotopic (exact) mass is 369 g/mol. The van der Waals surface area contributed by atoms with Gasteiger partial charge in [0.2, 0.25) is 0 Å². The molecule has 2 heterocycles. The van der Waals surface area contributed by atoms with E-state index >= 15 is 0 Å². The molecule has 0 aliphatic carbocycles. The van der Waals surface area contributed by atoms with Crippen LogP contribution in [0.2, 0.25) is 0 Å². The van der Waals surface area contributed by atoms with Gasteiger partial charge in [-0.25, -0.2) is 4.39 Å². The molecule has 142 valence electrons. The quantitative estimate of drug-likeness (QED) is 0.513. The summed E-state index contributed by atoms with van der Waals surface area (Å²) < 4.78 is 15.5. The molecule has 1 atom stereocenters. The second kappa shape index (κ2) is 8.59. The third-order valence-corrected chi connectivity index (χ3v) is 4.34. The Hall–Kier alpha value is -3.00. The maximum absolute atomic E-state index is 13.6. The van der Waals surface area contributed by atoms with Crippen molar-refractivity contribution in [1.29, 1.82) is 0 Å². The van der Waals surface area contributed by atoms with Gasteiger partial charge < -0.3 is 15.5 Å². The molecule has 8 heteroatoms. The molecule has 1 unspecified atom stereocenters. The van der Waals surface area contributed by atoms with Crippen LogP contribution in [0.4, 0.5) is 4.39 Å². The molecule has 27 heavy (non-hydrogen) atoms. The number of aliphatic imine (C=N–C) groups is 1. The first-order valence-electron chi connectivity index (χ1n) is 8.73. The van der Waals surface area contributed by atoms with Gasteiger partial charge in [-0.1, -0.05) is 18.2 Å². The van der Waals surface area contributed by atoms with Gasteiger partial charge in [-0.2, -0.15) is 0 Å². The average Bonchev–Trinajstić information content (AvgIpc) is 3.07. The number of aromatic nitrogens is 3.